The summed E-state index contributed by atoms with van der Waals surface area (Å²) in [6.07, 6.45) is 6.20. The number of hydrogen-bond donors (Lipinski definition) is 2. The molecule has 152 valence electrons. The summed E-state index contributed by atoms with van der Waals surface area (Å²) in [5.41, 5.74) is 1.22. The van der Waals surface area contributed by atoms with Gasteiger partial charge >= 0.3 is 0 Å². The highest BCUT2D eigenvalue weighted by atomic mass is 16.5. The second-order valence-electron chi connectivity index (χ2n) is 7.00. The Balaban J connectivity index is 1.96. The molecule has 0 bridgehead atoms. The van der Waals surface area contributed by atoms with Crippen LogP contribution in [0.25, 0.3) is 0 Å². The predicted octanol–water partition coefficient (Wildman–Crippen LogP) is 4.07. The van der Waals surface area contributed by atoms with Crippen LogP contribution >= 0.6 is 0 Å². The lowest BCUT2D eigenvalue weighted by Gasteiger charge is -2.30. The number of rotatable bonds is 10. The van der Waals surface area contributed by atoms with E-state index in [0.29, 0.717) is 17.8 Å². The van der Waals surface area contributed by atoms with Crippen molar-refractivity contribution in [1.82, 2.24) is 5.32 Å². The first kappa shape index (κ1) is 21.4. The molecule has 0 aliphatic heterocycles. The van der Waals surface area contributed by atoms with Crippen molar-refractivity contribution in [3.05, 3.63) is 18.2 Å². The average Bonchev–Trinajstić information content (AvgIpc) is 3.15. The third-order valence-electron chi connectivity index (χ3n) is 5.23. The Morgan fingerprint density at radius 2 is 1.93 bits per heavy atom. The third-order valence-corrected chi connectivity index (χ3v) is 5.23. The lowest BCUT2D eigenvalue weighted by Crippen LogP contribution is -2.40. The van der Waals surface area contributed by atoms with Crippen molar-refractivity contribution in [3.8, 4) is 11.5 Å². The van der Waals surface area contributed by atoms with Crippen molar-refractivity contribution in [2.45, 2.75) is 46.0 Å². The van der Waals surface area contributed by atoms with Crippen molar-refractivity contribution in [1.29, 1.82) is 0 Å². The lowest BCUT2D eigenvalue weighted by atomic mass is 9.83. The van der Waals surface area contributed by atoms with E-state index in [-0.39, 0.29) is 0 Å². The molecule has 6 nitrogen and oxygen atoms in total. The Hall–Kier alpha value is -1.95. The van der Waals surface area contributed by atoms with Gasteiger partial charge in [0, 0.05) is 38.6 Å². The maximum Gasteiger partial charge on any atom is 0.195 e. The summed E-state index contributed by atoms with van der Waals surface area (Å²) < 4.78 is 16.6. The first-order valence-electron chi connectivity index (χ1n) is 10.0. The van der Waals surface area contributed by atoms with E-state index in [0.717, 1.165) is 43.6 Å². The van der Waals surface area contributed by atoms with E-state index in [1.54, 1.807) is 14.2 Å². The van der Waals surface area contributed by atoms with Gasteiger partial charge in [-0.05, 0) is 50.7 Å². The standard InChI is InChI=1S/C21H35N3O3/c1-5-26-14-13-21(11-7-8-12-21)16-23-20(22-3)24-17-9-10-18(27-6-2)19(15-17)25-4/h9-10,15H,5-8,11-14,16H2,1-4H3,(H2,22,23,24). The van der Waals surface area contributed by atoms with Crippen molar-refractivity contribution in [3.63, 3.8) is 0 Å². The largest absolute Gasteiger partial charge is 0.493 e. The van der Waals surface area contributed by atoms with E-state index in [1.807, 2.05) is 25.1 Å². The lowest BCUT2D eigenvalue weighted by molar-refractivity contribution is 0.105. The van der Waals surface area contributed by atoms with E-state index < -0.39 is 0 Å². The highest BCUT2D eigenvalue weighted by Gasteiger charge is 2.33. The van der Waals surface area contributed by atoms with Crippen LogP contribution in [0.1, 0.15) is 46.0 Å². The van der Waals surface area contributed by atoms with Crippen molar-refractivity contribution in [2.75, 3.05) is 45.8 Å². The van der Waals surface area contributed by atoms with E-state index >= 15 is 0 Å². The fourth-order valence-corrected chi connectivity index (χ4v) is 3.68. The Bertz CT molecular complexity index is 598. The molecule has 0 atom stereocenters. The summed E-state index contributed by atoms with van der Waals surface area (Å²) in [7, 11) is 3.44. The van der Waals surface area contributed by atoms with E-state index in [1.165, 1.54) is 25.7 Å². The number of methoxy groups -OCH3 is 1. The van der Waals surface area contributed by atoms with Crippen LogP contribution in [0.4, 0.5) is 5.69 Å². The summed E-state index contributed by atoms with van der Waals surface area (Å²) in [6.45, 7) is 7.15. The number of nitrogens with zero attached hydrogens (tertiary/aromatic N) is 1. The van der Waals surface area contributed by atoms with Crippen LogP contribution in [0, 0.1) is 5.41 Å². The zero-order valence-electron chi connectivity index (χ0n) is 17.3. The number of guanidine groups is 1. The fourth-order valence-electron chi connectivity index (χ4n) is 3.68. The maximum atomic E-state index is 5.61. The number of anilines is 1. The van der Waals surface area contributed by atoms with Crippen LogP contribution in [0.15, 0.2) is 23.2 Å². The summed E-state index contributed by atoms with van der Waals surface area (Å²) in [5, 5.41) is 6.87. The van der Waals surface area contributed by atoms with Crippen LogP contribution in [-0.4, -0.2) is 46.5 Å². The summed E-state index contributed by atoms with van der Waals surface area (Å²) in [4.78, 5) is 4.38. The summed E-state index contributed by atoms with van der Waals surface area (Å²) in [5.74, 6) is 2.22. The highest BCUT2D eigenvalue weighted by Crippen LogP contribution is 2.40. The molecule has 1 aliphatic rings. The molecule has 2 N–H and O–H groups in total. The minimum absolute atomic E-state index is 0.309. The van der Waals surface area contributed by atoms with Crippen molar-refractivity contribution < 1.29 is 14.2 Å². The fraction of sp³-hybridized carbons (Fsp3) is 0.667. The zero-order chi connectivity index (χ0) is 19.5. The van der Waals surface area contributed by atoms with Gasteiger partial charge in [-0.1, -0.05) is 12.8 Å². The minimum atomic E-state index is 0.309. The maximum absolute atomic E-state index is 5.61. The highest BCUT2D eigenvalue weighted by molar-refractivity contribution is 5.93. The van der Waals surface area contributed by atoms with Gasteiger partial charge in [-0.15, -0.1) is 0 Å². The SMILES string of the molecule is CCOCCC1(CNC(=NC)Nc2ccc(OCC)c(OC)c2)CCCC1. The molecule has 1 fully saturated rings. The molecule has 0 radical (unpaired) electrons. The molecule has 0 unspecified atom stereocenters. The van der Waals surface area contributed by atoms with Crippen LogP contribution < -0.4 is 20.1 Å². The van der Waals surface area contributed by atoms with E-state index in [9.17, 15) is 0 Å². The topological polar surface area (TPSA) is 64.1 Å². The molecule has 27 heavy (non-hydrogen) atoms. The predicted molar refractivity (Wildman–Crippen MR) is 111 cm³/mol. The number of ether oxygens (including phenoxy) is 3. The average molecular weight is 378 g/mol. The monoisotopic (exact) mass is 377 g/mol. The molecule has 6 heteroatoms. The molecule has 0 amide bonds. The number of nitrogens with one attached hydrogen (secondary N) is 2. The molecule has 1 aromatic carbocycles. The van der Waals surface area contributed by atoms with Crippen LogP contribution in [0.5, 0.6) is 11.5 Å². The minimum Gasteiger partial charge on any atom is -0.493 e. The Morgan fingerprint density at radius 1 is 1.15 bits per heavy atom. The number of benzene rings is 1. The third kappa shape index (κ3) is 6.31. The summed E-state index contributed by atoms with van der Waals surface area (Å²) >= 11 is 0. The van der Waals surface area contributed by atoms with Gasteiger partial charge in [-0.2, -0.15) is 0 Å². The van der Waals surface area contributed by atoms with Crippen LogP contribution in [-0.2, 0) is 4.74 Å². The summed E-state index contributed by atoms with van der Waals surface area (Å²) in [6, 6.07) is 5.82. The molecule has 0 saturated heterocycles. The van der Waals surface area contributed by atoms with Gasteiger partial charge in [0.05, 0.1) is 13.7 Å². The van der Waals surface area contributed by atoms with Gasteiger partial charge < -0.3 is 24.8 Å². The number of hydrogen-bond acceptors (Lipinski definition) is 4. The van der Waals surface area contributed by atoms with E-state index in [4.69, 9.17) is 14.2 Å². The van der Waals surface area contributed by atoms with Gasteiger partial charge in [0.25, 0.3) is 0 Å². The molecule has 1 saturated carbocycles. The molecule has 2 rings (SSSR count). The van der Waals surface area contributed by atoms with Crippen molar-refractivity contribution in [2.24, 2.45) is 10.4 Å². The van der Waals surface area contributed by atoms with Crippen LogP contribution in [0.2, 0.25) is 0 Å². The van der Waals surface area contributed by atoms with Gasteiger partial charge in [0.1, 0.15) is 0 Å². The molecule has 0 spiro atoms. The van der Waals surface area contributed by atoms with Gasteiger partial charge in [-0.25, -0.2) is 0 Å². The van der Waals surface area contributed by atoms with Crippen LogP contribution in [0.3, 0.4) is 0 Å². The quantitative estimate of drug-likeness (QED) is 0.366. The molecule has 1 aliphatic carbocycles. The van der Waals surface area contributed by atoms with Gasteiger partial charge in [0.2, 0.25) is 0 Å². The number of aliphatic imine (C=N–C) groups is 1. The first-order chi connectivity index (χ1) is 13.2. The molecule has 0 aromatic heterocycles. The smallest absolute Gasteiger partial charge is 0.195 e. The van der Waals surface area contributed by atoms with Crippen molar-refractivity contribution >= 4 is 11.6 Å². The second-order valence-corrected chi connectivity index (χ2v) is 7.00. The zero-order valence-corrected chi connectivity index (χ0v) is 17.3. The Morgan fingerprint density at radius 3 is 2.56 bits per heavy atom. The van der Waals surface area contributed by atoms with Gasteiger partial charge in [-0.3, -0.25) is 4.99 Å². The van der Waals surface area contributed by atoms with Gasteiger partial charge in [0.15, 0.2) is 17.5 Å². The normalized spacial score (nSPS) is 16.2. The molecule has 1 aromatic rings. The first-order valence-corrected chi connectivity index (χ1v) is 10.0. The molecular formula is C21H35N3O3. The second kappa shape index (κ2) is 11.0. The molecule has 0 heterocycles. The van der Waals surface area contributed by atoms with E-state index in [2.05, 4.69) is 22.5 Å². The molecular weight excluding hydrogens is 342 g/mol. The Kier molecular flexibility index (Phi) is 8.72. The Labute approximate surface area is 163 Å².